The van der Waals surface area contributed by atoms with Crippen LogP contribution in [0.25, 0.3) is 0 Å². The quantitative estimate of drug-likeness (QED) is 0.819. The molecule has 2 aliphatic rings. The third-order valence-corrected chi connectivity index (χ3v) is 5.23. The van der Waals surface area contributed by atoms with Crippen LogP contribution in [0.4, 0.5) is 0 Å². The highest BCUT2D eigenvalue weighted by Crippen LogP contribution is 2.32. The first-order valence-corrected chi connectivity index (χ1v) is 8.65. The van der Waals surface area contributed by atoms with Gasteiger partial charge in [0.05, 0.1) is 0 Å². The molecule has 0 amide bonds. The lowest BCUT2D eigenvalue weighted by atomic mass is 9.82. The van der Waals surface area contributed by atoms with Crippen LogP contribution in [0.2, 0.25) is 0 Å². The molecule has 1 saturated heterocycles. The summed E-state index contributed by atoms with van der Waals surface area (Å²) in [5.41, 5.74) is 1.43. The van der Waals surface area contributed by atoms with Crippen molar-refractivity contribution in [2.24, 2.45) is 5.92 Å². The Hall–Kier alpha value is -1.15. The molecule has 0 aromatic heterocycles. The molecule has 3 rings (SSSR count). The Morgan fingerprint density at radius 1 is 1.05 bits per heavy atom. The molecule has 2 nitrogen and oxygen atoms in total. The van der Waals surface area contributed by atoms with Gasteiger partial charge < -0.3 is 0 Å². The van der Waals surface area contributed by atoms with E-state index in [-0.39, 0.29) is 0 Å². The Morgan fingerprint density at radius 3 is 2.71 bits per heavy atom. The zero-order valence-electron chi connectivity index (χ0n) is 13.0. The molecule has 1 aliphatic carbocycles. The van der Waals surface area contributed by atoms with Gasteiger partial charge in [0.25, 0.3) is 0 Å². The van der Waals surface area contributed by atoms with E-state index in [1.807, 2.05) is 0 Å². The summed E-state index contributed by atoms with van der Waals surface area (Å²) >= 11 is 0. The summed E-state index contributed by atoms with van der Waals surface area (Å²) in [4.78, 5) is 14.8. The smallest absolute Gasteiger partial charge is 0.137 e. The van der Waals surface area contributed by atoms with Gasteiger partial charge in [-0.05, 0) is 57.2 Å². The van der Waals surface area contributed by atoms with E-state index in [1.165, 1.54) is 37.8 Å². The number of likely N-dealkylation sites (tertiary alicyclic amines) is 1. The predicted molar refractivity (Wildman–Crippen MR) is 86.3 cm³/mol. The lowest BCUT2D eigenvalue weighted by Gasteiger charge is -2.33. The minimum Gasteiger partial charge on any atom is -0.300 e. The summed E-state index contributed by atoms with van der Waals surface area (Å²) in [6, 6.07) is 11.3. The summed E-state index contributed by atoms with van der Waals surface area (Å²) in [6.07, 6.45) is 9.23. The summed E-state index contributed by atoms with van der Waals surface area (Å²) in [6.45, 7) is 2.35. The number of benzene rings is 1. The Morgan fingerprint density at radius 2 is 1.90 bits per heavy atom. The van der Waals surface area contributed by atoms with Crippen LogP contribution in [0.3, 0.4) is 0 Å². The van der Waals surface area contributed by atoms with Gasteiger partial charge in [-0.1, -0.05) is 36.8 Å². The maximum absolute atomic E-state index is 12.2. The SMILES string of the molecule is O=C1CCCCC1C1CCCN1CCCc1ccccc1. The van der Waals surface area contributed by atoms with Gasteiger partial charge in [0.15, 0.2) is 0 Å². The Kier molecular flexibility index (Phi) is 5.08. The van der Waals surface area contributed by atoms with E-state index < -0.39 is 0 Å². The van der Waals surface area contributed by atoms with Gasteiger partial charge in [-0.15, -0.1) is 0 Å². The van der Waals surface area contributed by atoms with Crippen LogP contribution in [0.15, 0.2) is 30.3 Å². The van der Waals surface area contributed by atoms with Crippen LogP contribution in [0.5, 0.6) is 0 Å². The zero-order valence-corrected chi connectivity index (χ0v) is 13.0. The zero-order chi connectivity index (χ0) is 14.5. The van der Waals surface area contributed by atoms with Crippen LogP contribution in [-0.2, 0) is 11.2 Å². The molecule has 21 heavy (non-hydrogen) atoms. The van der Waals surface area contributed by atoms with Crippen molar-refractivity contribution in [2.75, 3.05) is 13.1 Å². The standard InChI is InChI=1S/C19H27NO/c21-19-13-5-4-11-17(19)18-12-7-15-20(18)14-6-10-16-8-2-1-3-9-16/h1-3,8-9,17-18H,4-7,10-15H2. The molecule has 1 aromatic carbocycles. The molecule has 2 atom stereocenters. The molecule has 1 heterocycles. The number of hydrogen-bond donors (Lipinski definition) is 0. The molecular weight excluding hydrogens is 258 g/mol. The lowest BCUT2D eigenvalue weighted by molar-refractivity contribution is -0.126. The molecule has 114 valence electrons. The van der Waals surface area contributed by atoms with Crippen molar-refractivity contribution in [3.8, 4) is 0 Å². The van der Waals surface area contributed by atoms with E-state index in [4.69, 9.17) is 0 Å². The first-order valence-electron chi connectivity index (χ1n) is 8.65. The summed E-state index contributed by atoms with van der Waals surface area (Å²) < 4.78 is 0. The molecule has 0 radical (unpaired) electrons. The number of aryl methyl sites for hydroxylation is 1. The van der Waals surface area contributed by atoms with E-state index >= 15 is 0 Å². The van der Waals surface area contributed by atoms with Crippen LogP contribution >= 0.6 is 0 Å². The number of nitrogens with zero attached hydrogens (tertiary/aromatic N) is 1. The Labute approximate surface area is 128 Å². The maximum atomic E-state index is 12.2. The molecule has 2 unspecified atom stereocenters. The normalized spacial score (nSPS) is 27.1. The van der Waals surface area contributed by atoms with Gasteiger partial charge >= 0.3 is 0 Å². The number of hydrogen-bond acceptors (Lipinski definition) is 2. The van der Waals surface area contributed by atoms with Crippen molar-refractivity contribution in [2.45, 2.75) is 57.4 Å². The highest BCUT2D eigenvalue weighted by Gasteiger charge is 2.36. The largest absolute Gasteiger partial charge is 0.300 e. The van der Waals surface area contributed by atoms with Crippen LogP contribution in [-0.4, -0.2) is 29.8 Å². The van der Waals surface area contributed by atoms with Gasteiger partial charge in [-0.2, -0.15) is 0 Å². The van der Waals surface area contributed by atoms with Crippen molar-refractivity contribution in [3.05, 3.63) is 35.9 Å². The van der Waals surface area contributed by atoms with Crippen molar-refractivity contribution in [1.29, 1.82) is 0 Å². The van der Waals surface area contributed by atoms with Crippen LogP contribution in [0.1, 0.15) is 50.5 Å². The van der Waals surface area contributed by atoms with E-state index in [9.17, 15) is 4.79 Å². The van der Waals surface area contributed by atoms with Gasteiger partial charge in [-0.25, -0.2) is 0 Å². The monoisotopic (exact) mass is 285 g/mol. The summed E-state index contributed by atoms with van der Waals surface area (Å²) in [5.74, 6) is 0.888. The fourth-order valence-electron chi connectivity index (χ4n) is 4.13. The molecular formula is C19H27NO. The lowest BCUT2D eigenvalue weighted by Crippen LogP contribution is -2.41. The van der Waals surface area contributed by atoms with E-state index in [0.29, 0.717) is 17.7 Å². The highest BCUT2D eigenvalue weighted by atomic mass is 16.1. The number of ketones is 1. The second-order valence-electron chi connectivity index (χ2n) is 6.65. The average molecular weight is 285 g/mol. The van der Waals surface area contributed by atoms with Crippen LogP contribution in [0, 0.1) is 5.92 Å². The second kappa shape index (κ2) is 7.22. The summed E-state index contributed by atoms with van der Waals surface area (Å²) in [7, 11) is 0. The van der Waals surface area contributed by atoms with Gasteiger partial charge in [0.2, 0.25) is 0 Å². The molecule has 2 heteroatoms. The minimum atomic E-state index is 0.345. The fraction of sp³-hybridized carbons (Fsp3) is 0.632. The van der Waals surface area contributed by atoms with E-state index in [2.05, 4.69) is 35.2 Å². The molecule has 0 N–H and O–H groups in total. The Balaban J connectivity index is 1.51. The van der Waals surface area contributed by atoms with Gasteiger partial charge in [0, 0.05) is 18.4 Å². The van der Waals surface area contributed by atoms with E-state index in [0.717, 1.165) is 32.2 Å². The van der Waals surface area contributed by atoms with Crippen molar-refractivity contribution < 1.29 is 4.79 Å². The molecule has 1 aliphatic heterocycles. The first-order chi connectivity index (χ1) is 10.3. The van der Waals surface area contributed by atoms with Gasteiger partial charge in [0.1, 0.15) is 5.78 Å². The topological polar surface area (TPSA) is 20.3 Å². The number of carbonyl (C=O) groups excluding carboxylic acids is 1. The predicted octanol–water partition coefficient (Wildman–Crippen LogP) is 3.84. The minimum absolute atomic E-state index is 0.345. The highest BCUT2D eigenvalue weighted by molar-refractivity contribution is 5.82. The van der Waals surface area contributed by atoms with Crippen LogP contribution < -0.4 is 0 Å². The number of carbonyl (C=O) groups is 1. The molecule has 0 spiro atoms. The molecule has 2 fully saturated rings. The summed E-state index contributed by atoms with van der Waals surface area (Å²) in [5, 5.41) is 0. The van der Waals surface area contributed by atoms with E-state index in [1.54, 1.807) is 0 Å². The second-order valence-corrected chi connectivity index (χ2v) is 6.65. The Bertz CT molecular complexity index is 456. The van der Waals surface area contributed by atoms with Crippen molar-refractivity contribution in [1.82, 2.24) is 4.90 Å². The maximum Gasteiger partial charge on any atom is 0.137 e. The first kappa shape index (κ1) is 14.8. The fourth-order valence-corrected chi connectivity index (χ4v) is 4.13. The molecule has 0 bridgehead atoms. The van der Waals surface area contributed by atoms with Gasteiger partial charge in [-0.3, -0.25) is 9.69 Å². The van der Waals surface area contributed by atoms with Crippen molar-refractivity contribution >= 4 is 5.78 Å². The average Bonchev–Trinajstić information content (AvgIpc) is 2.97. The number of Topliss-reactive ketones (excluding diaryl/α,β-unsaturated/α-hetero) is 1. The third kappa shape index (κ3) is 3.74. The third-order valence-electron chi connectivity index (χ3n) is 5.23. The van der Waals surface area contributed by atoms with Crippen molar-refractivity contribution in [3.63, 3.8) is 0 Å². The molecule has 1 saturated carbocycles. The number of rotatable bonds is 5. The molecule has 1 aromatic rings.